The summed E-state index contributed by atoms with van der Waals surface area (Å²) in [6.07, 6.45) is 1.63. The molecule has 2 heterocycles. The van der Waals surface area contributed by atoms with Gasteiger partial charge >= 0.3 is 5.97 Å². The normalized spacial score (nSPS) is 10.8. The average Bonchev–Trinajstić information content (AvgIpc) is 2.94. The molecule has 0 aliphatic carbocycles. The summed E-state index contributed by atoms with van der Waals surface area (Å²) in [7, 11) is 2.97. The largest absolute Gasteiger partial charge is 0.497 e. The van der Waals surface area contributed by atoms with Crippen molar-refractivity contribution in [3.8, 4) is 5.75 Å². The molecule has 0 fully saturated rings. The van der Waals surface area contributed by atoms with Crippen LogP contribution in [0.15, 0.2) is 59.5 Å². The van der Waals surface area contributed by atoms with Crippen molar-refractivity contribution in [1.82, 2.24) is 9.55 Å². The van der Waals surface area contributed by atoms with Crippen LogP contribution in [-0.2, 0) is 18.3 Å². The number of carbonyl (C=O) groups is 1. The number of aromatic nitrogens is 2. The summed E-state index contributed by atoms with van der Waals surface area (Å²) in [6, 6.07) is 13.5. The van der Waals surface area contributed by atoms with E-state index < -0.39 is 28.7 Å². The van der Waals surface area contributed by atoms with Gasteiger partial charge in [-0.25, -0.2) is 18.6 Å². The lowest BCUT2D eigenvalue weighted by molar-refractivity contribution is 0.0515. The summed E-state index contributed by atoms with van der Waals surface area (Å²) in [6.45, 7) is 2.28. The molecule has 9 nitrogen and oxygen atoms in total. The van der Waals surface area contributed by atoms with Gasteiger partial charge in [-0.05, 0) is 36.8 Å². The van der Waals surface area contributed by atoms with E-state index in [-0.39, 0.29) is 42.0 Å². The first kappa shape index (κ1) is 27.4. The molecule has 0 saturated carbocycles. The minimum atomic E-state index is -0.999. The maximum Gasteiger partial charge on any atom is 0.355 e. The molecule has 204 valence electrons. The fourth-order valence-electron chi connectivity index (χ4n) is 4.15. The van der Waals surface area contributed by atoms with Crippen LogP contribution in [0.3, 0.4) is 0 Å². The molecular formula is C28H29F2N5O4. The summed E-state index contributed by atoms with van der Waals surface area (Å²) < 4.78 is 43.2. The molecule has 0 spiro atoms. The summed E-state index contributed by atoms with van der Waals surface area (Å²) in [5.41, 5.74) is -0.934. The molecule has 4 aromatic rings. The second-order valence-corrected chi connectivity index (χ2v) is 8.55. The number of fused-ring (bicyclic) bond motifs is 1. The Morgan fingerprint density at radius 3 is 2.41 bits per heavy atom. The third-order valence-electron chi connectivity index (χ3n) is 6.07. The van der Waals surface area contributed by atoms with Crippen LogP contribution in [0.25, 0.3) is 10.9 Å². The standard InChI is InChI=1S/C28H29F2N5O4/c1-4-39-28(37)19-15-20(36)22-25(34-16-17-8-10-18(38-3)11-9-17)23(29)26(24(30)27(22)35(19)2)33-14-13-32-21-7-5-6-12-31-21/h5-12,15,33-34H,4,13-14,16H2,1-3H3,(H,31,32). The number of pyridine rings is 2. The van der Waals surface area contributed by atoms with Crippen molar-refractivity contribution in [2.75, 3.05) is 42.8 Å². The molecule has 0 atom stereocenters. The quantitative estimate of drug-likeness (QED) is 0.189. The van der Waals surface area contributed by atoms with Crippen molar-refractivity contribution in [1.29, 1.82) is 0 Å². The molecule has 0 aliphatic rings. The number of methoxy groups -OCH3 is 1. The predicted molar refractivity (Wildman–Crippen MR) is 147 cm³/mol. The number of benzene rings is 2. The molecular weight excluding hydrogens is 508 g/mol. The number of hydrogen-bond donors (Lipinski definition) is 3. The van der Waals surface area contributed by atoms with E-state index in [1.54, 1.807) is 56.6 Å². The van der Waals surface area contributed by atoms with Gasteiger partial charge in [0.15, 0.2) is 17.1 Å². The zero-order valence-corrected chi connectivity index (χ0v) is 21.8. The van der Waals surface area contributed by atoms with E-state index >= 15 is 8.78 Å². The minimum Gasteiger partial charge on any atom is -0.497 e. The zero-order chi connectivity index (χ0) is 27.9. The van der Waals surface area contributed by atoms with Crippen LogP contribution in [0.4, 0.5) is 26.0 Å². The second-order valence-electron chi connectivity index (χ2n) is 8.55. The SMILES string of the molecule is CCOC(=O)c1cc(=O)c2c(NCc3ccc(OC)cc3)c(F)c(NCCNc3ccccn3)c(F)c2n1C. The highest BCUT2D eigenvalue weighted by atomic mass is 19.1. The van der Waals surface area contributed by atoms with Gasteiger partial charge in [-0.2, -0.15) is 0 Å². The Labute approximate surface area is 223 Å². The topological polar surface area (TPSA) is 107 Å². The highest BCUT2D eigenvalue weighted by Gasteiger charge is 2.26. The van der Waals surface area contributed by atoms with Gasteiger partial charge in [0.05, 0.1) is 30.3 Å². The van der Waals surface area contributed by atoms with Gasteiger partial charge in [0, 0.05) is 38.9 Å². The van der Waals surface area contributed by atoms with Crippen LogP contribution >= 0.6 is 0 Å². The lowest BCUT2D eigenvalue weighted by atomic mass is 10.1. The Bertz CT molecular complexity index is 1530. The summed E-state index contributed by atoms with van der Waals surface area (Å²) >= 11 is 0. The van der Waals surface area contributed by atoms with Gasteiger partial charge in [0.2, 0.25) is 0 Å². The second kappa shape index (κ2) is 12.2. The zero-order valence-electron chi connectivity index (χ0n) is 21.8. The summed E-state index contributed by atoms with van der Waals surface area (Å²) in [5.74, 6) is -1.47. The number of nitrogens with zero attached hydrogens (tertiary/aromatic N) is 2. The van der Waals surface area contributed by atoms with Gasteiger partial charge in [0.1, 0.15) is 22.9 Å². The first-order chi connectivity index (χ1) is 18.8. The van der Waals surface area contributed by atoms with E-state index in [1.165, 1.54) is 11.6 Å². The molecule has 0 saturated heterocycles. The first-order valence-corrected chi connectivity index (χ1v) is 12.3. The highest BCUT2D eigenvalue weighted by Crippen LogP contribution is 2.35. The van der Waals surface area contributed by atoms with E-state index in [4.69, 9.17) is 9.47 Å². The van der Waals surface area contributed by atoms with Crippen molar-refractivity contribution < 1.29 is 23.0 Å². The Morgan fingerprint density at radius 2 is 1.74 bits per heavy atom. The number of rotatable bonds is 11. The number of aryl methyl sites for hydroxylation is 1. The Balaban J connectivity index is 1.75. The van der Waals surface area contributed by atoms with E-state index in [9.17, 15) is 9.59 Å². The Hall–Kier alpha value is -4.67. The maximum absolute atomic E-state index is 15.9. The molecule has 2 aromatic carbocycles. The lowest BCUT2D eigenvalue weighted by Crippen LogP contribution is -2.22. The van der Waals surface area contributed by atoms with Crippen LogP contribution in [0.1, 0.15) is 23.0 Å². The van der Waals surface area contributed by atoms with E-state index in [2.05, 4.69) is 20.9 Å². The number of hydrogen-bond acceptors (Lipinski definition) is 8. The molecule has 0 aliphatic heterocycles. The molecule has 11 heteroatoms. The van der Waals surface area contributed by atoms with Crippen LogP contribution in [0.2, 0.25) is 0 Å². The fourth-order valence-corrected chi connectivity index (χ4v) is 4.15. The molecule has 0 unspecified atom stereocenters. The third-order valence-corrected chi connectivity index (χ3v) is 6.07. The average molecular weight is 538 g/mol. The van der Waals surface area contributed by atoms with Gasteiger partial charge < -0.3 is 30.0 Å². The van der Waals surface area contributed by atoms with Crippen molar-refractivity contribution in [2.24, 2.45) is 7.05 Å². The van der Waals surface area contributed by atoms with Crippen molar-refractivity contribution in [2.45, 2.75) is 13.5 Å². The van der Waals surface area contributed by atoms with Gasteiger partial charge in [-0.3, -0.25) is 4.79 Å². The minimum absolute atomic E-state index is 0.0711. The van der Waals surface area contributed by atoms with Crippen LogP contribution in [0, 0.1) is 11.6 Å². The van der Waals surface area contributed by atoms with Crippen LogP contribution in [0.5, 0.6) is 5.75 Å². The summed E-state index contributed by atoms with van der Waals surface area (Å²) in [4.78, 5) is 29.8. The number of esters is 1. The predicted octanol–water partition coefficient (Wildman–Crippen LogP) is 4.53. The Morgan fingerprint density at radius 1 is 1.00 bits per heavy atom. The van der Waals surface area contributed by atoms with Crippen molar-refractivity contribution in [3.05, 3.63) is 87.8 Å². The first-order valence-electron chi connectivity index (χ1n) is 12.3. The third kappa shape index (κ3) is 5.92. The van der Waals surface area contributed by atoms with Gasteiger partial charge in [-0.15, -0.1) is 0 Å². The molecule has 3 N–H and O–H groups in total. The fraction of sp³-hybridized carbons (Fsp3) is 0.250. The lowest BCUT2D eigenvalue weighted by Gasteiger charge is -2.20. The Kier molecular flexibility index (Phi) is 8.60. The van der Waals surface area contributed by atoms with Crippen LogP contribution < -0.4 is 26.1 Å². The van der Waals surface area contributed by atoms with Gasteiger partial charge in [-0.1, -0.05) is 18.2 Å². The van der Waals surface area contributed by atoms with Crippen LogP contribution in [-0.4, -0.2) is 42.3 Å². The summed E-state index contributed by atoms with van der Waals surface area (Å²) in [5, 5.41) is 8.59. The smallest absolute Gasteiger partial charge is 0.355 e. The maximum atomic E-state index is 15.9. The molecule has 0 amide bonds. The monoisotopic (exact) mass is 537 g/mol. The number of nitrogens with one attached hydrogen (secondary N) is 3. The number of anilines is 3. The van der Waals surface area contributed by atoms with E-state index in [1.807, 2.05) is 6.07 Å². The highest BCUT2D eigenvalue weighted by molar-refractivity contribution is 5.99. The number of carbonyl (C=O) groups excluding carboxylic acids is 1. The van der Waals surface area contributed by atoms with Crippen molar-refractivity contribution >= 4 is 34.1 Å². The van der Waals surface area contributed by atoms with Gasteiger partial charge in [0.25, 0.3) is 0 Å². The molecule has 4 rings (SSSR count). The number of ether oxygens (including phenoxy) is 2. The molecule has 0 radical (unpaired) electrons. The molecule has 2 aromatic heterocycles. The molecule has 0 bridgehead atoms. The molecule has 39 heavy (non-hydrogen) atoms. The number of halogens is 2. The van der Waals surface area contributed by atoms with Crippen molar-refractivity contribution in [3.63, 3.8) is 0 Å². The van der Waals surface area contributed by atoms with E-state index in [0.717, 1.165) is 11.6 Å². The van der Waals surface area contributed by atoms with E-state index in [0.29, 0.717) is 18.1 Å².